The van der Waals surface area contributed by atoms with Crippen molar-refractivity contribution in [3.63, 3.8) is 0 Å². The Labute approximate surface area is 118 Å². The Balaban J connectivity index is 1.99. The minimum Gasteiger partial charge on any atom is -0.394 e. The van der Waals surface area contributed by atoms with Crippen LogP contribution < -0.4 is 5.32 Å². The molecule has 0 spiro atoms. The highest BCUT2D eigenvalue weighted by molar-refractivity contribution is 5.04. The van der Waals surface area contributed by atoms with Gasteiger partial charge in [0.1, 0.15) is 0 Å². The first-order valence-electron chi connectivity index (χ1n) is 7.86. The number of hydrogen-bond acceptors (Lipinski definition) is 4. The first kappa shape index (κ1) is 15.2. The van der Waals surface area contributed by atoms with E-state index in [0.717, 1.165) is 19.6 Å². The van der Waals surface area contributed by atoms with Crippen LogP contribution in [0, 0.1) is 5.92 Å². The van der Waals surface area contributed by atoms with Crippen molar-refractivity contribution in [2.75, 3.05) is 46.9 Å². The first-order valence-corrected chi connectivity index (χ1v) is 7.86. The van der Waals surface area contributed by atoms with Crippen molar-refractivity contribution >= 4 is 0 Å². The summed E-state index contributed by atoms with van der Waals surface area (Å²) in [5.74, 6) is 0.679. The maximum Gasteiger partial charge on any atom is 0.0628 e. The molecule has 112 valence electrons. The fourth-order valence-electron chi connectivity index (χ4n) is 3.65. The first-order chi connectivity index (χ1) is 9.11. The van der Waals surface area contributed by atoms with Crippen LogP contribution in [-0.2, 0) is 0 Å². The van der Waals surface area contributed by atoms with E-state index in [9.17, 15) is 5.11 Å². The molecule has 1 saturated heterocycles. The average Bonchev–Trinajstić information content (AvgIpc) is 3.13. The maximum atomic E-state index is 9.95. The standard InChI is InChI=1S/C15H31N3O/c1-4-16-15(12-19,13-7-8-13)11-18-9-5-6-14(18)10-17(2)3/h13-14,16,19H,4-12H2,1-3H3. The molecular weight excluding hydrogens is 238 g/mol. The summed E-state index contributed by atoms with van der Waals surface area (Å²) < 4.78 is 0. The molecule has 2 atom stereocenters. The van der Waals surface area contributed by atoms with Gasteiger partial charge < -0.3 is 15.3 Å². The van der Waals surface area contributed by atoms with Crippen LogP contribution >= 0.6 is 0 Å². The number of nitrogens with one attached hydrogen (secondary N) is 1. The molecule has 0 amide bonds. The second-order valence-electron chi connectivity index (χ2n) is 6.65. The second kappa shape index (κ2) is 6.53. The topological polar surface area (TPSA) is 38.7 Å². The Bertz CT molecular complexity index is 281. The van der Waals surface area contributed by atoms with Gasteiger partial charge in [0.2, 0.25) is 0 Å². The largest absolute Gasteiger partial charge is 0.394 e. The highest BCUT2D eigenvalue weighted by Crippen LogP contribution is 2.40. The molecule has 0 aromatic heterocycles. The van der Waals surface area contributed by atoms with Crippen molar-refractivity contribution in [1.82, 2.24) is 15.1 Å². The van der Waals surface area contributed by atoms with Crippen LogP contribution in [0.5, 0.6) is 0 Å². The molecule has 4 nitrogen and oxygen atoms in total. The van der Waals surface area contributed by atoms with E-state index in [-0.39, 0.29) is 12.1 Å². The zero-order valence-corrected chi connectivity index (χ0v) is 12.9. The van der Waals surface area contributed by atoms with E-state index in [1.807, 2.05) is 0 Å². The zero-order valence-electron chi connectivity index (χ0n) is 12.9. The summed E-state index contributed by atoms with van der Waals surface area (Å²) in [7, 11) is 4.31. The van der Waals surface area contributed by atoms with Gasteiger partial charge in [0, 0.05) is 19.1 Å². The van der Waals surface area contributed by atoms with Gasteiger partial charge in [-0.15, -0.1) is 0 Å². The molecule has 2 aliphatic rings. The summed E-state index contributed by atoms with van der Waals surface area (Å²) in [4.78, 5) is 4.89. The van der Waals surface area contributed by atoms with E-state index in [1.165, 1.54) is 32.2 Å². The molecular formula is C15H31N3O. The number of nitrogens with zero attached hydrogens (tertiary/aromatic N) is 2. The number of hydrogen-bond donors (Lipinski definition) is 2. The lowest BCUT2D eigenvalue weighted by Gasteiger charge is -2.39. The Kier molecular flexibility index (Phi) is 5.23. The van der Waals surface area contributed by atoms with Gasteiger partial charge in [0.05, 0.1) is 12.1 Å². The van der Waals surface area contributed by atoms with Crippen molar-refractivity contribution in [2.24, 2.45) is 5.92 Å². The number of likely N-dealkylation sites (N-methyl/N-ethyl adjacent to an activating group) is 2. The van der Waals surface area contributed by atoms with Crippen molar-refractivity contribution in [3.8, 4) is 0 Å². The van der Waals surface area contributed by atoms with Crippen LogP contribution in [0.2, 0.25) is 0 Å². The lowest BCUT2D eigenvalue weighted by atomic mass is 9.92. The molecule has 1 saturated carbocycles. The predicted molar refractivity (Wildman–Crippen MR) is 79.4 cm³/mol. The third kappa shape index (κ3) is 3.69. The normalized spacial score (nSPS) is 27.9. The van der Waals surface area contributed by atoms with Gasteiger partial charge in [-0.05, 0) is 58.8 Å². The van der Waals surface area contributed by atoms with E-state index in [4.69, 9.17) is 0 Å². The maximum absolute atomic E-state index is 9.95. The van der Waals surface area contributed by atoms with Crippen molar-refractivity contribution in [1.29, 1.82) is 0 Å². The second-order valence-corrected chi connectivity index (χ2v) is 6.65. The van der Waals surface area contributed by atoms with E-state index < -0.39 is 0 Å². The summed E-state index contributed by atoms with van der Waals surface area (Å²) in [5.41, 5.74) is -0.0519. The van der Waals surface area contributed by atoms with Crippen LogP contribution in [-0.4, -0.2) is 73.4 Å². The van der Waals surface area contributed by atoms with Crippen molar-refractivity contribution in [3.05, 3.63) is 0 Å². The summed E-state index contributed by atoms with van der Waals surface area (Å²) >= 11 is 0. The molecule has 0 aromatic rings. The van der Waals surface area contributed by atoms with E-state index in [1.54, 1.807) is 0 Å². The van der Waals surface area contributed by atoms with Crippen molar-refractivity contribution < 1.29 is 5.11 Å². The monoisotopic (exact) mass is 269 g/mol. The van der Waals surface area contributed by atoms with Gasteiger partial charge in [-0.3, -0.25) is 4.90 Å². The number of aliphatic hydroxyl groups excluding tert-OH is 1. The quantitative estimate of drug-likeness (QED) is 0.682. The predicted octanol–water partition coefficient (Wildman–Crippen LogP) is 0.763. The molecule has 1 aliphatic heterocycles. The summed E-state index contributed by atoms with van der Waals surface area (Å²) in [6.45, 7) is 6.71. The highest BCUT2D eigenvalue weighted by atomic mass is 16.3. The molecule has 2 N–H and O–H groups in total. The summed E-state index contributed by atoms with van der Waals surface area (Å²) in [6.07, 6.45) is 5.16. The average molecular weight is 269 g/mol. The fourth-order valence-corrected chi connectivity index (χ4v) is 3.65. The third-order valence-electron chi connectivity index (χ3n) is 4.73. The van der Waals surface area contributed by atoms with Gasteiger partial charge in [0.15, 0.2) is 0 Å². The van der Waals surface area contributed by atoms with E-state index in [2.05, 4.69) is 36.1 Å². The van der Waals surface area contributed by atoms with E-state index >= 15 is 0 Å². The highest BCUT2D eigenvalue weighted by Gasteiger charge is 2.46. The minimum absolute atomic E-state index is 0.0519. The smallest absolute Gasteiger partial charge is 0.0628 e. The number of aliphatic hydroxyl groups is 1. The summed E-state index contributed by atoms with van der Waals surface area (Å²) in [5, 5.41) is 13.6. The third-order valence-corrected chi connectivity index (χ3v) is 4.73. The van der Waals surface area contributed by atoms with Crippen molar-refractivity contribution in [2.45, 2.75) is 44.2 Å². The fraction of sp³-hybridized carbons (Fsp3) is 1.00. The molecule has 1 heterocycles. The number of likely N-dealkylation sites (tertiary alicyclic amines) is 1. The zero-order chi connectivity index (χ0) is 13.9. The van der Waals surface area contributed by atoms with Crippen LogP contribution in [0.25, 0.3) is 0 Å². The van der Waals surface area contributed by atoms with Gasteiger partial charge in [-0.2, -0.15) is 0 Å². The van der Waals surface area contributed by atoms with Gasteiger partial charge in [-0.1, -0.05) is 6.92 Å². The molecule has 4 heteroatoms. The Hall–Kier alpha value is -0.160. The van der Waals surface area contributed by atoms with Crippen LogP contribution in [0.4, 0.5) is 0 Å². The molecule has 1 aliphatic carbocycles. The van der Waals surface area contributed by atoms with Crippen LogP contribution in [0.3, 0.4) is 0 Å². The van der Waals surface area contributed by atoms with Gasteiger partial charge in [0.25, 0.3) is 0 Å². The number of rotatable bonds is 8. The SMILES string of the molecule is CCNC(CO)(CN1CCCC1CN(C)C)C1CC1. The molecule has 19 heavy (non-hydrogen) atoms. The Morgan fingerprint density at radius 2 is 2.05 bits per heavy atom. The Morgan fingerprint density at radius 1 is 1.32 bits per heavy atom. The summed E-state index contributed by atoms with van der Waals surface area (Å²) in [6, 6.07) is 0.665. The lowest BCUT2D eigenvalue weighted by Crippen LogP contribution is -2.59. The Morgan fingerprint density at radius 3 is 2.58 bits per heavy atom. The minimum atomic E-state index is -0.0519. The van der Waals surface area contributed by atoms with E-state index in [0.29, 0.717) is 12.0 Å². The van der Waals surface area contributed by atoms with Gasteiger partial charge >= 0.3 is 0 Å². The lowest BCUT2D eigenvalue weighted by molar-refractivity contribution is 0.0805. The van der Waals surface area contributed by atoms with Crippen LogP contribution in [0.1, 0.15) is 32.6 Å². The molecule has 0 bridgehead atoms. The molecule has 0 aromatic carbocycles. The molecule has 0 radical (unpaired) electrons. The molecule has 2 fully saturated rings. The molecule has 2 rings (SSSR count). The van der Waals surface area contributed by atoms with Crippen LogP contribution in [0.15, 0.2) is 0 Å². The van der Waals surface area contributed by atoms with Gasteiger partial charge in [-0.25, -0.2) is 0 Å². The molecule has 2 unspecified atom stereocenters.